The summed E-state index contributed by atoms with van der Waals surface area (Å²) in [5.41, 5.74) is 1.58. The third kappa shape index (κ3) is 4.09. The zero-order chi connectivity index (χ0) is 24.7. The maximum atomic E-state index is 13.8. The van der Waals surface area contributed by atoms with Crippen molar-refractivity contribution in [3.05, 3.63) is 97.3 Å². The van der Waals surface area contributed by atoms with Gasteiger partial charge in [0.2, 0.25) is 5.76 Å². The Labute approximate surface area is 215 Å². The van der Waals surface area contributed by atoms with Crippen molar-refractivity contribution >= 4 is 50.1 Å². The van der Waals surface area contributed by atoms with E-state index in [2.05, 4.69) is 15.9 Å². The minimum Gasteiger partial charge on any atom is -0.490 e. The van der Waals surface area contributed by atoms with Crippen LogP contribution in [0.25, 0.3) is 11.0 Å². The van der Waals surface area contributed by atoms with Gasteiger partial charge in [-0.3, -0.25) is 14.5 Å². The van der Waals surface area contributed by atoms with E-state index in [0.717, 1.165) is 4.47 Å². The number of hydrogen-bond donors (Lipinski definition) is 0. The molecule has 2 heterocycles. The van der Waals surface area contributed by atoms with Crippen LogP contribution in [0.15, 0.2) is 74.3 Å². The summed E-state index contributed by atoms with van der Waals surface area (Å²) in [6, 6.07) is 16.9. The number of fused-ring (bicyclic) bond motifs is 2. The van der Waals surface area contributed by atoms with Gasteiger partial charge in [-0.15, -0.1) is 0 Å². The molecule has 1 unspecified atom stereocenters. The molecule has 5 rings (SSSR count). The maximum Gasteiger partial charge on any atom is 0.295 e. The lowest BCUT2D eigenvalue weighted by molar-refractivity contribution is 0.0971. The van der Waals surface area contributed by atoms with Crippen molar-refractivity contribution in [1.82, 2.24) is 0 Å². The highest BCUT2D eigenvalue weighted by Crippen LogP contribution is 2.43. The molecule has 0 bridgehead atoms. The Kier molecular flexibility index (Phi) is 6.30. The normalized spacial score (nSPS) is 14.9. The summed E-state index contributed by atoms with van der Waals surface area (Å²) in [5, 5.41) is 0.732. The van der Waals surface area contributed by atoms with Crippen molar-refractivity contribution in [2.75, 3.05) is 18.1 Å². The first-order valence-corrected chi connectivity index (χ1v) is 12.3. The molecule has 0 spiro atoms. The van der Waals surface area contributed by atoms with Crippen molar-refractivity contribution in [3.8, 4) is 11.5 Å². The fourth-order valence-electron chi connectivity index (χ4n) is 4.39. The Morgan fingerprint density at radius 3 is 2.49 bits per heavy atom. The second-order valence-electron chi connectivity index (χ2n) is 7.94. The van der Waals surface area contributed by atoms with Gasteiger partial charge in [0.1, 0.15) is 5.58 Å². The number of benzene rings is 3. The van der Waals surface area contributed by atoms with Gasteiger partial charge in [-0.25, -0.2) is 0 Å². The quantitative estimate of drug-likeness (QED) is 0.263. The number of ether oxygens (including phenoxy) is 2. The SMILES string of the molecule is CCOc1ccc(C2c3c(oc4ccc(Cl)cc4c3=O)C(=O)N2c2cccc(Br)c2)cc1OCC. The van der Waals surface area contributed by atoms with Gasteiger partial charge in [0.25, 0.3) is 5.91 Å². The van der Waals surface area contributed by atoms with Gasteiger partial charge in [-0.2, -0.15) is 0 Å². The highest BCUT2D eigenvalue weighted by Gasteiger charge is 2.44. The molecule has 0 radical (unpaired) electrons. The van der Waals surface area contributed by atoms with Crippen LogP contribution >= 0.6 is 27.5 Å². The zero-order valence-corrected chi connectivity index (χ0v) is 21.4. The Morgan fingerprint density at radius 2 is 1.74 bits per heavy atom. The van der Waals surface area contributed by atoms with E-state index in [1.807, 2.05) is 50.2 Å². The molecule has 178 valence electrons. The lowest BCUT2D eigenvalue weighted by atomic mass is 9.97. The topological polar surface area (TPSA) is 69.0 Å². The van der Waals surface area contributed by atoms with Gasteiger partial charge in [-0.05, 0) is 67.9 Å². The number of nitrogens with zero attached hydrogens (tertiary/aromatic N) is 1. The fourth-order valence-corrected chi connectivity index (χ4v) is 4.95. The van der Waals surface area contributed by atoms with Crippen LogP contribution in [-0.2, 0) is 0 Å². The molecule has 1 aliphatic rings. The molecule has 4 aromatic rings. The van der Waals surface area contributed by atoms with Gasteiger partial charge >= 0.3 is 0 Å². The van der Waals surface area contributed by atoms with Crippen LogP contribution in [0.5, 0.6) is 11.5 Å². The van der Waals surface area contributed by atoms with E-state index >= 15 is 0 Å². The highest BCUT2D eigenvalue weighted by atomic mass is 79.9. The monoisotopic (exact) mass is 553 g/mol. The number of anilines is 1. The summed E-state index contributed by atoms with van der Waals surface area (Å²) in [4.78, 5) is 29.1. The standard InChI is InChI=1S/C27H21BrClNO5/c1-3-33-21-10-8-15(12-22(21)34-4-2)24-23-25(31)19-14-17(29)9-11-20(19)35-26(23)27(32)30(24)18-7-5-6-16(28)13-18/h5-14,24H,3-4H2,1-2H3. The van der Waals surface area contributed by atoms with E-state index in [-0.39, 0.29) is 16.8 Å². The predicted molar refractivity (Wildman–Crippen MR) is 139 cm³/mol. The third-order valence-corrected chi connectivity index (χ3v) is 6.53. The second-order valence-corrected chi connectivity index (χ2v) is 9.30. The van der Waals surface area contributed by atoms with Crippen LogP contribution in [-0.4, -0.2) is 19.1 Å². The molecule has 1 aromatic heterocycles. The number of carbonyl (C=O) groups excluding carboxylic acids is 1. The Morgan fingerprint density at radius 1 is 0.971 bits per heavy atom. The van der Waals surface area contributed by atoms with Crippen LogP contribution in [0, 0.1) is 0 Å². The van der Waals surface area contributed by atoms with Gasteiger partial charge in [-0.1, -0.05) is 39.7 Å². The van der Waals surface area contributed by atoms with Gasteiger partial charge in [0.05, 0.1) is 30.2 Å². The number of rotatable bonds is 6. The molecule has 8 heteroatoms. The van der Waals surface area contributed by atoms with Crippen molar-refractivity contribution in [2.45, 2.75) is 19.9 Å². The van der Waals surface area contributed by atoms with E-state index in [1.54, 1.807) is 29.2 Å². The van der Waals surface area contributed by atoms with Crippen LogP contribution < -0.4 is 19.8 Å². The first-order chi connectivity index (χ1) is 16.9. The summed E-state index contributed by atoms with van der Waals surface area (Å²) >= 11 is 9.66. The maximum absolute atomic E-state index is 13.8. The fraction of sp³-hybridized carbons (Fsp3) is 0.185. The largest absolute Gasteiger partial charge is 0.490 e. The number of amides is 1. The molecule has 0 saturated carbocycles. The predicted octanol–water partition coefficient (Wildman–Crippen LogP) is 6.76. The van der Waals surface area contributed by atoms with Crippen LogP contribution in [0.2, 0.25) is 5.02 Å². The molecule has 0 fully saturated rings. The summed E-state index contributed by atoms with van der Waals surface area (Å²) in [6.07, 6.45) is 0. The van der Waals surface area contributed by atoms with Crippen LogP contribution in [0.4, 0.5) is 5.69 Å². The summed E-state index contributed by atoms with van der Waals surface area (Å²) in [5.74, 6) is 0.745. The van der Waals surface area contributed by atoms with E-state index in [0.29, 0.717) is 52.0 Å². The van der Waals surface area contributed by atoms with Crippen molar-refractivity contribution in [2.24, 2.45) is 0 Å². The molecular weight excluding hydrogens is 534 g/mol. The Hall–Kier alpha value is -3.29. The lowest BCUT2D eigenvalue weighted by Gasteiger charge is -2.26. The van der Waals surface area contributed by atoms with Crippen LogP contribution in [0.3, 0.4) is 0 Å². The smallest absolute Gasteiger partial charge is 0.295 e. The molecule has 0 aliphatic carbocycles. The van der Waals surface area contributed by atoms with E-state index in [4.69, 9.17) is 25.5 Å². The minimum absolute atomic E-state index is 0.0154. The second kappa shape index (κ2) is 9.40. The highest BCUT2D eigenvalue weighted by molar-refractivity contribution is 9.10. The van der Waals surface area contributed by atoms with Gasteiger partial charge in [0, 0.05) is 15.2 Å². The molecule has 6 nitrogen and oxygen atoms in total. The van der Waals surface area contributed by atoms with E-state index in [9.17, 15) is 9.59 Å². The van der Waals surface area contributed by atoms with Gasteiger partial charge < -0.3 is 13.9 Å². The first kappa shape index (κ1) is 23.5. The average Bonchev–Trinajstić information content (AvgIpc) is 3.13. The molecular formula is C27H21BrClNO5. The van der Waals surface area contributed by atoms with Gasteiger partial charge in [0.15, 0.2) is 16.9 Å². The summed E-state index contributed by atoms with van der Waals surface area (Å²) in [7, 11) is 0. The zero-order valence-electron chi connectivity index (χ0n) is 19.0. The first-order valence-electron chi connectivity index (χ1n) is 11.2. The van der Waals surface area contributed by atoms with E-state index in [1.165, 1.54) is 0 Å². The summed E-state index contributed by atoms with van der Waals surface area (Å²) < 4.78 is 18.3. The molecule has 3 aromatic carbocycles. The molecule has 1 atom stereocenters. The Bertz CT molecular complexity index is 1520. The van der Waals surface area contributed by atoms with Crippen LogP contribution in [0.1, 0.15) is 41.6 Å². The lowest BCUT2D eigenvalue weighted by Crippen LogP contribution is -2.29. The Balaban J connectivity index is 1.79. The third-order valence-electron chi connectivity index (χ3n) is 5.80. The van der Waals surface area contributed by atoms with Crippen molar-refractivity contribution in [3.63, 3.8) is 0 Å². The van der Waals surface area contributed by atoms with E-state index < -0.39 is 11.9 Å². The summed E-state index contributed by atoms with van der Waals surface area (Å²) in [6.45, 7) is 4.69. The molecule has 1 amide bonds. The van der Waals surface area contributed by atoms with Crippen molar-refractivity contribution in [1.29, 1.82) is 0 Å². The minimum atomic E-state index is -0.735. The molecule has 0 saturated heterocycles. The number of carbonyl (C=O) groups is 1. The average molecular weight is 555 g/mol. The molecule has 1 aliphatic heterocycles. The molecule has 0 N–H and O–H groups in total. The number of hydrogen-bond acceptors (Lipinski definition) is 5. The number of halogens is 2. The molecule has 35 heavy (non-hydrogen) atoms. The van der Waals surface area contributed by atoms with Crippen molar-refractivity contribution < 1.29 is 18.7 Å².